The number of aliphatic hydroxyl groups excluding tert-OH is 1. The van der Waals surface area contributed by atoms with Gasteiger partial charge in [-0.3, -0.25) is 4.79 Å². The molecule has 2 heterocycles. The molecule has 0 saturated carbocycles. The second kappa shape index (κ2) is 9.51. The van der Waals surface area contributed by atoms with Crippen molar-refractivity contribution in [1.82, 2.24) is 14.2 Å². The Labute approximate surface area is 187 Å². The monoisotopic (exact) mass is 465 g/mol. The summed E-state index contributed by atoms with van der Waals surface area (Å²) in [6, 6.07) is 6.99. The maximum absolute atomic E-state index is 13.4. The molecule has 1 aromatic carbocycles. The van der Waals surface area contributed by atoms with E-state index in [-0.39, 0.29) is 48.8 Å². The first-order valence-electron chi connectivity index (χ1n) is 10.3. The molecule has 0 aliphatic carbocycles. The van der Waals surface area contributed by atoms with Gasteiger partial charge in [0.2, 0.25) is 15.9 Å². The van der Waals surface area contributed by atoms with Crippen molar-refractivity contribution in [2.45, 2.75) is 26.0 Å². The van der Waals surface area contributed by atoms with Crippen LogP contribution in [0.1, 0.15) is 24.2 Å². The van der Waals surface area contributed by atoms with Crippen molar-refractivity contribution in [3.8, 4) is 17.0 Å². The molecule has 0 fully saturated rings. The maximum Gasteiger partial charge on any atom is 0.259 e. The molecular weight excluding hydrogens is 437 g/mol. The molecule has 3 atom stereocenters. The standard InChI is InChI=1S/C22H28FN3O5S/c1-14-11-26(15(2)13-27)22(28)19-9-17(16-5-7-18(23)8-6-16)10-24-21(19)31-20(14)12-25(3)32(4,29)30/h5-10,14-15,20,27H,11-13H2,1-4H3/t14-,15+,20-/m0/s1. The molecule has 1 aliphatic rings. The van der Waals surface area contributed by atoms with Gasteiger partial charge in [0.05, 0.1) is 25.4 Å². The summed E-state index contributed by atoms with van der Waals surface area (Å²) < 4.78 is 44.5. The number of benzene rings is 1. The topological polar surface area (TPSA) is 100 Å². The number of halogens is 1. The molecule has 3 rings (SSSR count). The molecule has 0 unspecified atom stereocenters. The maximum atomic E-state index is 13.4. The number of amides is 1. The van der Waals surface area contributed by atoms with Crippen LogP contribution in [-0.4, -0.2) is 78.8 Å². The first-order chi connectivity index (χ1) is 15.0. The minimum absolute atomic E-state index is 0.0797. The number of aliphatic hydroxyl groups is 1. The van der Waals surface area contributed by atoms with Gasteiger partial charge in [0.1, 0.15) is 17.5 Å². The van der Waals surface area contributed by atoms with Crippen LogP contribution in [0, 0.1) is 11.7 Å². The molecule has 1 aliphatic heterocycles. The number of sulfonamides is 1. The van der Waals surface area contributed by atoms with Gasteiger partial charge in [0.15, 0.2) is 0 Å². The molecule has 32 heavy (non-hydrogen) atoms. The van der Waals surface area contributed by atoms with Gasteiger partial charge in [0.25, 0.3) is 5.91 Å². The smallest absolute Gasteiger partial charge is 0.259 e. The highest BCUT2D eigenvalue weighted by molar-refractivity contribution is 7.88. The molecule has 1 amide bonds. The molecule has 2 aromatic rings. The molecule has 1 N–H and O–H groups in total. The summed E-state index contributed by atoms with van der Waals surface area (Å²) in [6.45, 7) is 3.72. The highest BCUT2D eigenvalue weighted by Gasteiger charge is 2.35. The Morgan fingerprint density at radius 2 is 1.97 bits per heavy atom. The van der Waals surface area contributed by atoms with E-state index in [0.717, 1.165) is 6.26 Å². The van der Waals surface area contributed by atoms with E-state index in [1.165, 1.54) is 29.7 Å². The number of carbonyl (C=O) groups excluding carboxylic acids is 1. The molecule has 0 spiro atoms. The van der Waals surface area contributed by atoms with Crippen LogP contribution >= 0.6 is 0 Å². The third-order valence-electron chi connectivity index (χ3n) is 5.70. The van der Waals surface area contributed by atoms with Crippen molar-refractivity contribution >= 4 is 15.9 Å². The zero-order valence-corrected chi connectivity index (χ0v) is 19.3. The van der Waals surface area contributed by atoms with E-state index >= 15 is 0 Å². The zero-order chi connectivity index (χ0) is 23.6. The Bertz CT molecular complexity index is 1080. The zero-order valence-electron chi connectivity index (χ0n) is 18.5. The van der Waals surface area contributed by atoms with E-state index in [2.05, 4.69) is 4.98 Å². The molecule has 0 saturated heterocycles. The normalized spacial score (nSPS) is 20.3. The summed E-state index contributed by atoms with van der Waals surface area (Å²) >= 11 is 0. The number of aromatic nitrogens is 1. The van der Waals surface area contributed by atoms with Crippen LogP contribution in [0.25, 0.3) is 11.1 Å². The SMILES string of the molecule is C[C@H](CO)N1C[C@H](C)[C@H](CN(C)S(C)(=O)=O)Oc2ncc(-c3ccc(F)cc3)cc2C1=O. The largest absolute Gasteiger partial charge is 0.472 e. The lowest BCUT2D eigenvalue weighted by atomic mass is 9.99. The Morgan fingerprint density at radius 1 is 1.31 bits per heavy atom. The van der Waals surface area contributed by atoms with Crippen molar-refractivity contribution in [3.63, 3.8) is 0 Å². The van der Waals surface area contributed by atoms with Gasteiger partial charge in [0, 0.05) is 31.3 Å². The van der Waals surface area contributed by atoms with E-state index in [0.29, 0.717) is 11.1 Å². The quantitative estimate of drug-likeness (QED) is 0.701. The van der Waals surface area contributed by atoms with Crippen molar-refractivity contribution in [2.24, 2.45) is 5.92 Å². The van der Waals surface area contributed by atoms with Crippen LogP contribution < -0.4 is 4.74 Å². The minimum atomic E-state index is -3.43. The number of likely N-dealkylation sites (N-methyl/N-ethyl adjacent to an activating group) is 1. The number of fused-ring (bicyclic) bond motifs is 1. The molecule has 174 valence electrons. The van der Waals surface area contributed by atoms with Gasteiger partial charge in [-0.05, 0) is 30.7 Å². The second-order valence-electron chi connectivity index (χ2n) is 8.25. The average Bonchev–Trinajstić information content (AvgIpc) is 2.75. The van der Waals surface area contributed by atoms with Gasteiger partial charge in [-0.15, -0.1) is 0 Å². The van der Waals surface area contributed by atoms with Crippen LogP contribution in [-0.2, 0) is 10.0 Å². The van der Waals surface area contributed by atoms with Crippen LogP contribution in [0.4, 0.5) is 4.39 Å². The molecule has 0 bridgehead atoms. The fourth-order valence-electron chi connectivity index (χ4n) is 3.51. The summed E-state index contributed by atoms with van der Waals surface area (Å²) in [5.74, 6) is -0.861. The first kappa shape index (κ1) is 24.1. The predicted molar refractivity (Wildman–Crippen MR) is 118 cm³/mol. The van der Waals surface area contributed by atoms with Crippen LogP contribution in [0.5, 0.6) is 5.88 Å². The number of rotatable bonds is 6. The van der Waals surface area contributed by atoms with E-state index in [4.69, 9.17) is 4.74 Å². The van der Waals surface area contributed by atoms with Gasteiger partial charge in [-0.2, -0.15) is 0 Å². The van der Waals surface area contributed by atoms with E-state index in [1.807, 2.05) is 6.92 Å². The summed E-state index contributed by atoms with van der Waals surface area (Å²) in [4.78, 5) is 19.3. The van der Waals surface area contributed by atoms with Gasteiger partial charge in [-0.1, -0.05) is 19.1 Å². The van der Waals surface area contributed by atoms with Gasteiger partial charge < -0.3 is 14.7 Å². The highest BCUT2D eigenvalue weighted by atomic mass is 32.2. The van der Waals surface area contributed by atoms with Crippen LogP contribution in [0.3, 0.4) is 0 Å². The lowest BCUT2D eigenvalue weighted by Gasteiger charge is -2.37. The summed E-state index contributed by atoms with van der Waals surface area (Å²) in [6.07, 6.45) is 2.08. The number of carbonyl (C=O) groups is 1. The van der Waals surface area contributed by atoms with Crippen molar-refractivity contribution in [2.75, 3.05) is 33.0 Å². The Balaban J connectivity index is 2.06. The third-order valence-corrected chi connectivity index (χ3v) is 6.98. The molecule has 1 aromatic heterocycles. The van der Waals surface area contributed by atoms with Gasteiger partial charge in [-0.25, -0.2) is 22.1 Å². The van der Waals surface area contributed by atoms with Crippen molar-refractivity contribution < 1.29 is 27.4 Å². The highest BCUT2D eigenvalue weighted by Crippen LogP contribution is 2.30. The second-order valence-corrected chi connectivity index (χ2v) is 10.3. The van der Waals surface area contributed by atoms with Crippen molar-refractivity contribution in [3.05, 3.63) is 47.9 Å². The minimum Gasteiger partial charge on any atom is -0.472 e. The summed E-state index contributed by atoms with van der Waals surface area (Å²) in [5, 5.41) is 9.71. The third kappa shape index (κ3) is 5.25. The van der Waals surface area contributed by atoms with Crippen LogP contribution in [0.2, 0.25) is 0 Å². The number of pyridine rings is 1. The lowest BCUT2D eigenvalue weighted by molar-refractivity contribution is 0.0374. The number of hydrogen-bond donors (Lipinski definition) is 1. The molecule has 0 radical (unpaired) electrons. The van der Waals surface area contributed by atoms with E-state index in [1.54, 1.807) is 30.0 Å². The Morgan fingerprint density at radius 3 is 2.56 bits per heavy atom. The Kier molecular flexibility index (Phi) is 7.16. The fraction of sp³-hybridized carbons (Fsp3) is 0.455. The summed E-state index contributed by atoms with van der Waals surface area (Å²) in [7, 11) is -1.97. The van der Waals surface area contributed by atoms with Crippen LogP contribution in [0.15, 0.2) is 36.5 Å². The lowest BCUT2D eigenvalue weighted by Crippen LogP contribution is -2.50. The van der Waals surface area contributed by atoms with Crippen molar-refractivity contribution in [1.29, 1.82) is 0 Å². The molecule has 10 heteroatoms. The van der Waals surface area contributed by atoms with Gasteiger partial charge >= 0.3 is 0 Å². The number of hydrogen-bond acceptors (Lipinski definition) is 6. The molecular formula is C22H28FN3O5S. The fourth-order valence-corrected chi connectivity index (χ4v) is 3.93. The Hall–Kier alpha value is -2.56. The van der Waals surface area contributed by atoms with E-state index < -0.39 is 22.2 Å². The van der Waals surface area contributed by atoms with E-state index in [9.17, 15) is 22.7 Å². The summed E-state index contributed by atoms with van der Waals surface area (Å²) in [5.41, 5.74) is 1.49. The molecule has 8 nitrogen and oxygen atoms in total. The predicted octanol–water partition coefficient (Wildman–Crippen LogP) is 2.00. The average molecular weight is 466 g/mol. The number of ether oxygens (including phenoxy) is 1. The number of nitrogens with zero attached hydrogens (tertiary/aromatic N) is 3. The first-order valence-corrected chi connectivity index (χ1v) is 12.1.